The zero-order valence-electron chi connectivity index (χ0n) is 13.2. The topological polar surface area (TPSA) is 83.4 Å². The second-order valence-electron chi connectivity index (χ2n) is 4.70. The number of aromatic nitrogens is 3. The Morgan fingerprint density at radius 1 is 0.958 bits per heavy atom. The van der Waals surface area contributed by atoms with Gasteiger partial charge in [-0.15, -0.1) is 10.2 Å². The number of thioether (sulfide) groups is 1. The summed E-state index contributed by atoms with van der Waals surface area (Å²) in [6.07, 6.45) is 3.18. The third-order valence-electron chi connectivity index (χ3n) is 3.07. The molecule has 0 spiro atoms. The van der Waals surface area contributed by atoms with E-state index < -0.39 is 0 Å². The van der Waals surface area contributed by atoms with Crippen LogP contribution < -0.4 is 0 Å². The lowest BCUT2D eigenvalue weighted by Crippen LogP contribution is -2.05. The minimum absolute atomic E-state index is 0.552. The Morgan fingerprint density at radius 3 is 2.38 bits per heavy atom. The van der Waals surface area contributed by atoms with E-state index in [0.29, 0.717) is 47.9 Å². The Kier molecular flexibility index (Phi) is 6.00. The molecule has 0 amide bonds. The van der Waals surface area contributed by atoms with Crippen LogP contribution in [0.15, 0.2) is 50.8 Å². The summed E-state index contributed by atoms with van der Waals surface area (Å²) >= 11 is 1.47. The van der Waals surface area contributed by atoms with Crippen LogP contribution in [0.5, 0.6) is 0 Å². The third-order valence-corrected chi connectivity index (χ3v) is 3.87. The SMILES string of the molecule is COCCOCCSc1nnc(-c2ccco2)c(-c2ccco2)n1. The highest BCUT2D eigenvalue weighted by atomic mass is 32.2. The molecule has 0 bridgehead atoms. The van der Waals surface area contributed by atoms with Gasteiger partial charge in [-0.05, 0) is 24.3 Å². The van der Waals surface area contributed by atoms with Crippen molar-refractivity contribution in [3.63, 3.8) is 0 Å². The maximum absolute atomic E-state index is 5.46. The summed E-state index contributed by atoms with van der Waals surface area (Å²) in [7, 11) is 1.65. The monoisotopic (exact) mass is 347 g/mol. The van der Waals surface area contributed by atoms with Crippen molar-refractivity contribution in [1.29, 1.82) is 0 Å². The lowest BCUT2D eigenvalue weighted by Gasteiger charge is -2.06. The minimum Gasteiger partial charge on any atom is -0.463 e. The quantitative estimate of drug-likeness (QED) is 0.431. The maximum Gasteiger partial charge on any atom is 0.209 e. The van der Waals surface area contributed by atoms with Crippen molar-refractivity contribution in [3.05, 3.63) is 36.8 Å². The van der Waals surface area contributed by atoms with E-state index in [4.69, 9.17) is 18.3 Å². The zero-order valence-corrected chi connectivity index (χ0v) is 14.0. The third kappa shape index (κ3) is 4.22. The van der Waals surface area contributed by atoms with Crippen LogP contribution in [0.25, 0.3) is 22.9 Å². The van der Waals surface area contributed by atoms with Crippen molar-refractivity contribution in [2.75, 3.05) is 32.7 Å². The summed E-state index contributed by atoms with van der Waals surface area (Å²) in [6.45, 7) is 1.75. The van der Waals surface area contributed by atoms with Gasteiger partial charge in [0.05, 0.1) is 32.3 Å². The number of hydrogen-bond donors (Lipinski definition) is 0. The molecule has 0 N–H and O–H groups in total. The molecular formula is C16H17N3O4S. The van der Waals surface area contributed by atoms with E-state index in [-0.39, 0.29) is 0 Å². The molecule has 0 aliphatic rings. The number of rotatable bonds is 9. The molecule has 24 heavy (non-hydrogen) atoms. The number of hydrogen-bond acceptors (Lipinski definition) is 8. The van der Waals surface area contributed by atoms with Gasteiger partial charge in [-0.25, -0.2) is 4.98 Å². The molecule has 3 aromatic heterocycles. The molecule has 0 aliphatic heterocycles. The van der Waals surface area contributed by atoms with E-state index in [1.165, 1.54) is 11.8 Å². The molecule has 0 aromatic carbocycles. The van der Waals surface area contributed by atoms with Gasteiger partial charge >= 0.3 is 0 Å². The molecule has 3 rings (SSSR count). The maximum atomic E-state index is 5.46. The van der Waals surface area contributed by atoms with Gasteiger partial charge in [0.15, 0.2) is 17.2 Å². The van der Waals surface area contributed by atoms with E-state index in [1.54, 1.807) is 31.8 Å². The fourth-order valence-electron chi connectivity index (χ4n) is 1.97. The highest BCUT2D eigenvalue weighted by Gasteiger charge is 2.17. The molecule has 7 nitrogen and oxygen atoms in total. The van der Waals surface area contributed by atoms with Crippen LogP contribution in [0, 0.1) is 0 Å². The Hall–Kier alpha value is -2.16. The van der Waals surface area contributed by atoms with Crippen LogP contribution in [-0.4, -0.2) is 47.9 Å². The van der Waals surface area contributed by atoms with Crippen LogP contribution in [0.1, 0.15) is 0 Å². The first-order valence-corrected chi connectivity index (χ1v) is 8.39. The van der Waals surface area contributed by atoms with Crippen molar-refractivity contribution in [3.8, 4) is 22.9 Å². The van der Waals surface area contributed by atoms with Crippen molar-refractivity contribution >= 4 is 11.8 Å². The van der Waals surface area contributed by atoms with Gasteiger partial charge in [-0.1, -0.05) is 11.8 Å². The van der Waals surface area contributed by atoms with Crippen LogP contribution >= 0.6 is 11.8 Å². The van der Waals surface area contributed by atoms with Crippen LogP contribution in [0.4, 0.5) is 0 Å². The number of methoxy groups -OCH3 is 1. The first-order valence-electron chi connectivity index (χ1n) is 7.40. The van der Waals surface area contributed by atoms with Gasteiger partial charge in [0.25, 0.3) is 0 Å². The predicted molar refractivity (Wildman–Crippen MR) is 88.7 cm³/mol. The largest absolute Gasteiger partial charge is 0.463 e. The molecule has 0 atom stereocenters. The van der Waals surface area contributed by atoms with Gasteiger partial charge < -0.3 is 18.3 Å². The van der Waals surface area contributed by atoms with Crippen molar-refractivity contribution in [1.82, 2.24) is 15.2 Å². The molecule has 0 saturated carbocycles. The van der Waals surface area contributed by atoms with Crippen molar-refractivity contribution in [2.45, 2.75) is 5.16 Å². The predicted octanol–water partition coefficient (Wildman–Crippen LogP) is 3.15. The molecular weight excluding hydrogens is 330 g/mol. The van der Waals surface area contributed by atoms with E-state index in [0.717, 1.165) is 5.75 Å². The van der Waals surface area contributed by atoms with E-state index in [1.807, 2.05) is 12.1 Å². The molecule has 3 aromatic rings. The Bertz CT molecular complexity index is 732. The molecule has 0 aliphatic carbocycles. The average molecular weight is 347 g/mol. The van der Waals surface area contributed by atoms with E-state index in [9.17, 15) is 0 Å². The van der Waals surface area contributed by atoms with E-state index in [2.05, 4.69) is 15.2 Å². The van der Waals surface area contributed by atoms with Gasteiger partial charge in [0, 0.05) is 12.9 Å². The molecule has 8 heteroatoms. The number of furan rings is 2. The molecule has 0 radical (unpaired) electrons. The van der Waals surface area contributed by atoms with Crippen molar-refractivity contribution in [2.24, 2.45) is 0 Å². The van der Waals surface area contributed by atoms with Gasteiger partial charge in [-0.3, -0.25) is 0 Å². The van der Waals surface area contributed by atoms with Crippen LogP contribution in [-0.2, 0) is 9.47 Å². The Morgan fingerprint density at radius 2 is 1.71 bits per heavy atom. The zero-order chi connectivity index (χ0) is 16.6. The first-order chi connectivity index (χ1) is 11.9. The summed E-state index contributed by atoms with van der Waals surface area (Å²) in [5, 5.41) is 8.98. The smallest absolute Gasteiger partial charge is 0.209 e. The Labute approximate surface area is 143 Å². The lowest BCUT2D eigenvalue weighted by molar-refractivity contribution is 0.0790. The second-order valence-corrected chi connectivity index (χ2v) is 5.76. The lowest BCUT2D eigenvalue weighted by atomic mass is 10.2. The van der Waals surface area contributed by atoms with E-state index >= 15 is 0 Å². The molecule has 0 saturated heterocycles. The fraction of sp³-hybridized carbons (Fsp3) is 0.312. The normalized spacial score (nSPS) is 11.0. The minimum atomic E-state index is 0.552. The summed E-state index contributed by atoms with van der Waals surface area (Å²) in [5.74, 6) is 1.94. The molecule has 126 valence electrons. The standard InChI is InChI=1S/C16H17N3O4S/c1-20-8-9-21-10-11-24-16-17-14(12-4-2-6-22-12)15(18-19-16)13-5-3-7-23-13/h2-7H,8-11H2,1H3. The van der Waals surface area contributed by atoms with Crippen molar-refractivity contribution < 1.29 is 18.3 Å². The summed E-state index contributed by atoms with van der Waals surface area (Å²) in [6, 6.07) is 7.25. The van der Waals surface area contributed by atoms with Gasteiger partial charge in [0.1, 0.15) is 5.69 Å². The first kappa shape index (κ1) is 16.7. The fourth-order valence-corrected chi connectivity index (χ4v) is 2.61. The highest BCUT2D eigenvalue weighted by molar-refractivity contribution is 7.99. The molecule has 0 unspecified atom stereocenters. The van der Waals surface area contributed by atoms with Crippen LogP contribution in [0.3, 0.4) is 0 Å². The molecule has 0 fully saturated rings. The second kappa shape index (κ2) is 8.62. The van der Waals surface area contributed by atoms with Gasteiger partial charge in [-0.2, -0.15) is 0 Å². The summed E-state index contributed by atoms with van der Waals surface area (Å²) < 4.78 is 21.2. The number of nitrogens with zero attached hydrogens (tertiary/aromatic N) is 3. The molecule has 3 heterocycles. The number of ether oxygens (including phenoxy) is 2. The highest BCUT2D eigenvalue weighted by Crippen LogP contribution is 2.30. The van der Waals surface area contributed by atoms with Crippen LogP contribution in [0.2, 0.25) is 0 Å². The van der Waals surface area contributed by atoms with Gasteiger partial charge in [0.2, 0.25) is 5.16 Å². The Balaban J connectivity index is 1.72. The average Bonchev–Trinajstić information content (AvgIpc) is 3.31. The summed E-state index contributed by atoms with van der Waals surface area (Å²) in [5.41, 5.74) is 1.16. The summed E-state index contributed by atoms with van der Waals surface area (Å²) in [4.78, 5) is 4.56.